The SMILES string of the molecule is CC[C@H](C)[C@H](NC(=O)N1CCC(COC)CC1)C(=O)O. The van der Waals surface area contributed by atoms with Gasteiger partial charge in [-0.1, -0.05) is 20.3 Å². The van der Waals surface area contributed by atoms with Gasteiger partial charge in [0.1, 0.15) is 6.04 Å². The highest BCUT2D eigenvalue weighted by Gasteiger charge is 2.29. The van der Waals surface area contributed by atoms with Crippen molar-refractivity contribution in [3.63, 3.8) is 0 Å². The van der Waals surface area contributed by atoms with E-state index >= 15 is 0 Å². The highest BCUT2D eigenvalue weighted by molar-refractivity contribution is 5.82. The van der Waals surface area contributed by atoms with Gasteiger partial charge < -0.3 is 20.1 Å². The lowest BCUT2D eigenvalue weighted by Crippen LogP contribution is -2.52. The van der Waals surface area contributed by atoms with Gasteiger partial charge in [0, 0.05) is 26.8 Å². The lowest BCUT2D eigenvalue weighted by Gasteiger charge is -2.33. The van der Waals surface area contributed by atoms with E-state index in [-0.39, 0.29) is 11.9 Å². The zero-order chi connectivity index (χ0) is 15.1. The predicted octanol–water partition coefficient (Wildman–Crippen LogP) is 1.55. The van der Waals surface area contributed by atoms with E-state index < -0.39 is 12.0 Å². The Balaban J connectivity index is 2.48. The van der Waals surface area contributed by atoms with E-state index in [0.29, 0.717) is 25.4 Å². The summed E-state index contributed by atoms with van der Waals surface area (Å²) in [5.74, 6) is -0.557. The molecular weight excluding hydrogens is 260 g/mol. The van der Waals surface area contributed by atoms with Crippen molar-refractivity contribution in [1.82, 2.24) is 10.2 Å². The molecule has 1 saturated heterocycles. The van der Waals surface area contributed by atoms with Crippen molar-refractivity contribution in [1.29, 1.82) is 0 Å². The third kappa shape index (κ3) is 4.67. The number of nitrogens with zero attached hydrogens (tertiary/aromatic N) is 1. The van der Waals surface area contributed by atoms with Crippen molar-refractivity contribution in [2.45, 2.75) is 39.2 Å². The van der Waals surface area contributed by atoms with Crippen LogP contribution in [0.4, 0.5) is 4.79 Å². The summed E-state index contributed by atoms with van der Waals surface area (Å²) in [4.78, 5) is 25.0. The van der Waals surface area contributed by atoms with Crippen LogP contribution in [0.1, 0.15) is 33.1 Å². The maximum absolute atomic E-state index is 12.1. The standard InChI is InChI=1S/C14H26N2O4/c1-4-10(2)12(13(17)18)15-14(19)16-7-5-11(6-8-16)9-20-3/h10-12H,4-9H2,1-3H3,(H,15,19)(H,17,18)/t10-,12-/m0/s1. The number of carboxylic acids is 1. The smallest absolute Gasteiger partial charge is 0.326 e. The number of nitrogens with one attached hydrogen (secondary N) is 1. The van der Waals surface area contributed by atoms with E-state index in [1.807, 2.05) is 13.8 Å². The van der Waals surface area contributed by atoms with Crippen LogP contribution >= 0.6 is 0 Å². The molecule has 0 aromatic rings. The molecule has 2 atom stereocenters. The second-order valence-corrected chi connectivity index (χ2v) is 5.54. The first kappa shape index (κ1) is 16.8. The number of rotatable bonds is 6. The summed E-state index contributed by atoms with van der Waals surface area (Å²) in [6.07, 6.45) is 2.53. The van der Waals surface area contributed by atoms with E-state index in [0.717, 1.165) is 19.4 Å². The molecule has 0 unspecified atom stereocenters. The van der Waals surface area contributed by atoms with Crippen LogP contribution < -0.4 is 5.32 Å². The van der Waals surface area contributed by atoms with E-state index in [9.17, 15) is 14.7 Å². The summed E-state index contributed by atoms with van der Waals surface area (Å²) in [6, 6.07) is -1.09. The summed E-state index contributed by atoms with van der Waals surface area (Å²) in [7, 11) is 1.68. The molecule has 1 aliphatic rings. The molecule has 6 nitrogen and oxygen atoms in total. The van der Waals surface area contributed by atoms with Crippen LogP contribution in [0.2, 0.25) is 0 Å². The molecule has 1 rings (SSSR count). The molecule has 1 fully saturated rings. The van der Waals surface area contributed by atoms with Gasteiger partial charge >= 0.3 is 12.0 Å². The molecule has 0 spiro atoms. The van der Waals surface area contributed by atoms with Crippen LogP contribution in [-0.4, -0.2) is 54.9 Å². The number of methoxy groups -OCH3 is 1. The maximum atomic E-state index is 12.1. The summed E-state index contributed by atoms with van der Waals surface area (Å²) >= 11 is 0. The number of amides is 2. The van der Waals surface area contributed by atoms with Crippen LogP contribution in [-0.2, 0) is 9.53 Å². The molecule has 1 aliphatic heterocycles. The van der Waals surface area contributed by atoms with E-state index in [1.165, 1.54) is 0 Å². The molecule has 0 bridgehead atoms. The fourth-order valence-electron chi connectivity index (χ4n) is 2.45. The van der Waals surface area contributed by atoms with Gasteiger partial charge in [-0.3, -0.25) is 0 Å². The van der Waals surface area contributed by atoms with Gasteiger partial charge in [-0.25, -0.2) is 9.59 Å². The quantitative estimate of drug-likeness (QED) is 0.776. The van der Waals surface area contributed by atoms with Gasteiger partial charge in [-0.15, -0.1) is 0 Å². The van der Waals surface area contributed by atoms with Crippen molar-refractivity contribution in [3.8, 4) is 0 Å². The Morgan fingerprint density at radius 2 is 2.00 bits per heavy atom. The summed E-state index contributed by atoms with van der Waals surface area (Å²) < 4.78 is 5.12. The topological polar surface area (TPSA) is 78.9 Å². The van der Waals surface area contributed by atoms with Gasteiger partial charge in [-0.2, -0.15) is 0 Å². The number of piperidine rings is 1. The first-order valence-corrected chi connectivity index (χ1v) is 7.26. The fourth-order valence-corrected chi connectivity index (χ4v) is 2.45. The van der Waals surface area contributed by atoms with Crippen molar-refractivity contribution in [2.75, 3.05) is 26.8 Å². The van der Waals surface area contributed by atoms with E-state index in [4.69, 9.17) is 4.74 Å². The molecule has 2 N–H and O–H groups in total. The zero-order valence-electron chi connectivity index (χ0n) is 12.6. The minimum Gasteiger partial charge on any atom is -0.480 e. The Bertz CT molecular complexity index is 327. The second kappa shape index (κ2) is 8.09. The van der Waals surface area contributed by atoms with Crippen LogP contribution in [0.25, 0.3) is 0 Å². The molecule has 2 amide bonds. The molecule has 6 heteroatoms. The molecule has 0 aromatic carbocycles. The number of hydrogen-bond acceptors (Lipinski definition) is 3. The molecule has 0 aromatic heterocycles. The number of carbonyl (C=O) groups is 2. The maximum Gasteiger partial charge on any atom is 0.326 e. The fraction of sp³-hybridized carbons (Fsp3) is 0.857. The van der Waals surface area contributed by atoms with Gasteiger partial charge in [0.25, 0.3) is 0 Å². The highest BCUT2D eigenvalue weighted by atomic mass is 16.5. The number of carboxylic acid groups (broad SMARTS) is 1. The lowest BCUT2D eigenvalue weighted by atomic mass is 9.97. The van der Waals surface area contributed by atoms with Crippen molar-refractivity contribution in [3.05, 3.63) is 0 Å². The van der Waals surface area contributed by atoms with E-state index in [1.54, 1.807) is 12.0 Å². The van der Waals surface area contributed by atoms with Gasteiger partial charge in [0.15, 0.2) is 0 Å². The minimum atomic E-state index is -0.970. The van der Waals surface area contributed by atoms with E-state index in [2.05, 4.69) is 5.32 Å². The number of ether oxygens (including phenoxy) is 1. The number of urea groups is 1. The lowest BCUT2D eigenvalue weighted by molar-refractivity contribution is -0.140. The Kier molecular flexibility index (Phi) is 6.78. The average molecular weight is 286 g/mol. The summed E-state index contributed by atoms with van der Waals surface area (Å²) in [5.41, 5.74) is 0. The second-order valence-electron chi connectivity index (χ2n) is 5.54. The van der Waals surface area contributed by atoms with Crippen LogP contribution in [0, 0.1) is 11.8 Å². The predicted molar refractivity (Wildman–Crippen MR) is 75.6 cm³/mol. The van der Waals surface area contributed by atoms with Gasteiger partial charge in [0.05, 0.1) is 0 Å². The Morgan fingerprint density at radius 1 is 1.40 bits per heavy atom. The Labute approximate surface area is 120 Å². The third-order valence-electron chi connectivity index (χ3n) is 4.06. The number of aliphatic carboxylic acids is 1. The largest absolute Gasteiger partial charge is 0.480 e. The number of hydrogen-bond donors (Lipinski definition) is 2. The molecule has 0 aliphatic carbocycles. The van der Waals surface area contributed by atoms with Crippen molar-refractivity contribution >= 4 is 12.0 Å². The van der Waals surface area contributed by atoms with Gasteiger partial charge in [-0.05, 0) is 24.7 Å². The van der Waals surface area contributed by atoms with Crippen molar-refractivity contribution in [2.24, 2.45) is 11.8 Å². The number of likely N-dealkylation sites (tertiary alicyclic amines) is 1. The minimum absolute atomic E-state index is 0.0810. The third-order valence-corrected chi connectivity index (χ3v) is 4.06. The van der Waals surface area contributed by atoms with Crippen LogP contribution in [0.15, 0.2) is 0 Å². The average Bonchev–Trinajstić information content (AvgIpc) is 2.44. The molecule has 1 heterocycles. The van der Waals surface area contributed by atoms with Gasteiger partial charge in [0.2, 0.25) is 0 Å². The Morgan fingerprint density at radius 3 is 2.45 bits per heavy atom. The molecule has 0 radical (unpaired) electrons. The summed E-state index contributed by atoms with van der Waals surface area (Å²) in [6.45, 7) is 5.80. The van der Waals surface area contributed by atoms with Crippen LogP contribution in [0.5, 0.6) is 0 Å². The summed E-state index contributed by atoms with van der Waals surface area (Å²) in [5, 5.41) is 11.8. The van der Waals surface area contributed by atoms with Crippen molar-refractivity contribution < 1.29 is 19.4 Å². The molecule has 116 valence electrons. The normalized spacial score (nSPS) is 19.4. The first-order chi connectivity index (χ1) is 9.49. The monoisotopic (exact) mass is 286 g/mol. The molecular formula is C14H26N2O4. The highest BCUT2D eigenvalue weighted by Crippen LogP contribution is 2.18. The molecule has 20 heavy (non-hydrogen) atoms. The number of carbonyl (C=O) groups excluding carboxylic acids is 1. The molecule has 0 saturated carbocycles. The van der Waals surface area contributed by atoms with Crippen LogP contribution in [0.3, 0.4) is 0 Å². The first-order valence-electron chi connectivity index (χ1n) is 7.26. The zero-order valence-corrected chi connectivity index (χ0v) is 12.6. The Hall–Kier alpha value is -1.30.